The molecular formula is C18H18ClNO6. The minimum Gasteiger partial charge on any atom is -0.507 e. The Morgan fingerprint density at radius 1 is 1.27 bits per heavy atom. The smallest absolute Gasteiger partial charge is 0.342 e. The summed E-state index contributed by atoms with van der Waals surface area (Å²) in [5.41, 5.74) is 0.115. The molecule has 0 spiro atoms. The average Bonchev–Trinajstić information content (AvgIpc) is 3.31. The molecule has 2 aliphatic rings. The Balaban J connectivity index is 2.05. The SMILES string of the molecule is C[C@@H]1C[C@H]2O[C@H]2C=CC=CC(=NO)Cc2c(Cl)c(O)cc(O)c2C(=O)O1. The van der Waals surface area contributed by atoms with Crippen molar-refractivity contribution in [3.63, 3.8) is 0 Å². The van der Waals surface area contributed by atoms with E-state index in [1.165, 1.54) is 6.08 Å². The number of hydrogen-bond acceptors (Lipinski definition) is 7. The minimum atomic E-state index is -0.780. The normalized spacial score (nSPS) is 27.4. The third kappa shape index (κ3) is 3.84. The van der Waals surface area contributed by atoms with Crippen molar-refractivity contribution >= 4 is 23.3 Å². The van der Waals surface area contributed by atoms with E-state index in [1.807, 2.05) is 6.08 Å². The van der Waals surface area contributed by atoms with Crippen LogP contribution in [0.5, 0.6) is 11.5 Å². The second-order valence-corrected chi connectivity index (χ2v) is 6.56. The number of epoxide rings is 1. The van der Waals surface area contributed by atoms with Crippen molar-refractivity contribution in [2.24, 2.45) is 5.16 Å². The molecule has 3 N–H and O–H groups in total. The van der Waals surface area contributed by atoms with E-state index < -0.39 is 17.8 Å². The van der Waals surface area contributed by atoms with Gasteiger partial charge in [0.25, 0.3) is 0 Å². The number of ether oxygens (including phenoxy) is 2. The van der Waals surface area contributed by atoms with Gasteiger partial charge in [-0.15, -0.1) is 0 Å². The van der Waals surface area contributed by atoms with Gasteiger partial charge in [0.2, 0.25) is 0 Å². The van der Waals surface area contributed by atoms with Gasteiger partial charge in [0.15, 0.2) is 0 Å². The van der Waals surface area contributed by atoms with E-state index >= 15 is 0 Å². The third-order valence-corrected chi connectivity index (χ3v) is 4.63. The number of halogens is 1. The molecule has 7 nitrogen and oxygen atoms in total. The van der Waals surface area contributed by atoms with Crippen LogP contribution in [0.15, 0.2) is 35.5 Å². The Hall–Kier alpha value is -2.51. The molecule has 0 amide bonds. The van der Waals surface area contributed by atoms with Crippen LogP contribution in [0.4, 0.5) is 0 Å². The number of cyclic esters (lactones) is 1. The number of nitrogens with zero attached hydrogens (tertiary/aromatic N) is 1. The molecule has 1 saturated heterocycles. The quantitative estimate of drug-likeness (QED) is 0.276. The fourth-order valence-electron chi connectivity index (χ4n) is 2.86. The fourth-order valence-corrected chi connectivity index (χ4v) is 3.07. The van der Waals surface area contributed by atoms with Crippen molar-refractivity contribution in [2.75, 3.05) is 0 Å². The number of rotatable bonds is 0. The lowest BCUT2D eigenvalue weighted by Crippen LogP contribution is -2.19. The summed E-state index contributed by atoms with van der Waals surface area (Å²) in [6.45, 7) is 1.73. The van der Waals surface area contributed by atoms with E-state index in [4.69, 9.17) is 21.1 Å². The molecule has 138 valence electrons. The summed E-state index contributed by atoms with van der Waals surface area (Å²) in [4.78, 5) is 12.6. The number of carbonyl (C=O) groups excluding carboxylic acids is 1. The summed E-state index contributed by atoms with van der Waals surface area (Å²) >= 11 is 6.12. The number of allylic oxidation sites excluding steroid dienone is 3. The second-order valence-electron chi connectivity index (χ2n) is 6.19. The van der Waals surface area contributed by atoms with Crippen molar-refractivity contribution in [1.82, 2.24) is 0 Å². The molecule has 2 aliphatic heterocycles. The van der Waals surface area contributed by atoms with Crippen LogP contribution >= 0.6 is 11.6 Å². The van der Waals surface area contributed by atoms with Crippen molar-refractivity contribution in [2.45, 2.75) is 38.1 Å². The highest BCUT2D eigenvalue weighted by Crippen LogP contribution is 2.37. The van der Waals surface area contributed by atoms with Gasteiger partial charge in [-0.25, -0.2) is 4.79 Å². The molecule has 3 atom stereocenters. The number of benzene rings is 1. The first-order valence-electron chi connectivity index (χ1n) is 8.06. The number of hydrogen-bond donors (Lipinski definition) is 3. The molecule has 0 bridgehead atoms. The lowest BCUT2D eigenvalue weighted by atomic mass is 9.99. The summed E-state index contributed by atoms with van der Waals surface area (Å²) in [7, 11) is 0. The topological polar surface area (TPSA) is 112 Å². The van der Waals surface area contributed by atoms with E-state index in [-0.39, 0.29) is 46.2 Å². The van der Waals surface area contributed by atoms with Crippen LogP contribution in [0.3, 0.4) is 0 Å². The molecule has 8 heteroatoms. The summed E-state index contributed by atoms with van der Waals surface area (Å²) in [6, 6.07) is 0.977. The largest absolute Gasteiger partial charge is 0.507 e. The molecule has 0 unspecified atom stereocenters. The number of esters is 1. The lowest BCUT2D eigenvalue weighted by molar-refractivity contribution is 0.0306. The number of oxime groups is 1. The molecule has 26 heavy (non-hydrogen) atoms. The number of carbonyl (C=O) groups is 1. The van der Waals surface area contributed by atoms with E-state index in [9.17, 15) is 20.2 Å². The van der Waals surface area contributed by atoms with Gasteiger partial charge in [-0.05, 0) is 18.6 Å². The zero-order valence-electron chi connectivity index (χ0n) is 13.9. The summed E-state index contributed by atoms with van der Waals surface area (Å²) < 4.78 is 10.9. The third-order valence-electron chi connectivity index (χ3n) is 4.21. The van der Waals surface area contributed by atoms with Gasteiger partial charge in [0, 0.05) is 18.9 Å². The number of aromatic hydroxyl groups is 2. The number of fused-ring (bicyclic) bond motifs is 2. The molecule has 1 aromatic carbocycles. The molecule has 0 aromatic heterocycles. The van der Waals surface area contributed by atoms with Gasteiger partial charge in [-0.3, -0.25) is 0 Å². The van der Waals surface area contributed by atoms with Gasteiger partial charge in [-0.2, -0.15) is 0 Å². The van der Waals surface area contributed by atoms with Gasteiger partial charge in [0.05, 0.1) is 16.8 Å². The monoisotopic (exact) mass is 379 g/mol. The highest BCUT2D eigenvalue weighted by Gasteiger charge is 2.38. The Kier molecular flexibility index (Phi) is 5.20. The summed E-state index contributed by atoms with van der Waals surface area (Å²) in [6.07, 6.45) is 6.68. The molecule has 0 aliphatic carbocycles. The maximum atomic E-state index is 12.6. The minimum absolute atomic E-state index is 0.0483. The summed E-state index contributed by atoms with van der Waals surface area (Å²) in [5, 5.41) is 32.3. The number of phenolic OH excluding ortho intramolecular Hbond substituents is 2. The highest BCUT2D eigenvalue weighted by atomic mass is 35.5. The zero-order chi connectivity index (χ0) is 18.8. The van der Waals surface area contributed by atoms with Crippen LogP contribution in [0.25, 0.3) is 0 Å². The van der Waals surface area contributed by atoms with Gasteiger partial charge >= 0.3 is 5.97 Å². The maximum absolute atomic E-state index is 12.6. The molecule has 1 fully saturated rings. The van der Waals surface area contributed by atoms with E-state index in [0.29, 0.717) is 6.42 Å². The standard InChI is InChI=1S/C18H18ClNO6/c1-9-6-15-14(26-15)5-3-2-4-10(20-24)7-11-16(18(23)25-9)12(21)8-13(22)17(11)19/h2-5,8-9,14-15,21-22,24H,6-7H2,1H3/t9-,14+,15-/m1/s1. The molecule has 1 aromatic rings. The molecule has 2 heterocycles. The average molecular weight is 380 g/mol. The van der Waals surface area contributed by atoms with Crippen LogP contribution in [0.2, 0.25) is 5.02 Å². The van der Waals surface area contributed by atoms with E-state index in [0.717, 1.165) is 6.07 Å². The molecule has 0 radical (unpaired) electrons. The Labute approximate surface area is 154 Å². The molecule has 0 saturated carbocycles. The van der Waals surface area contributed by atoms with Gasteiger partial charge in [0.1, 0.15) is 29.3 Å². The van der Waals surface area contributed by atoms with Crippen molar-refractivity contribution in [1.29, 1.82) is 0 Å². The molecule has 3 rings (SSSR count). The zero-order valence-corrected chi connectivity index (χ0v) is 14.7. The second kappa shape index (κ2) is 7.39. The van der Waals surface area contributed by atoms with Crippen LogP contribution in [0, 0.1) is 0 Å². The fraction of sp³-hybridized carbons (Fsp3) is 0.333. The van der Waals surface area contributed by atoms with Gasteiger partial charge in [-0.1, -0.05) is 35.0 Å². The van der Waals surface area contributed by atoms with Crippen LogP contribution < -0.4 is 0 Å². The summed E-state index contributed by atoms with van der Waals surface area (Å²) in [5.74, 6) is -1.63. The first-order valence-corrected chi connectivity index (χ1v) is 8.44. The van der Waals surface area contributed by atoms with Crippen LogP contribution in [-0.2, 0) is 15.9 Å². The Bertz CT molecular complexity index is 816. The highest BCUT2D eigenvalue weighted by molar-refractivity contribution is 6.33. The van der Waals surface area contributed by atoms with Crippen LogP contribution in [-0.4, -0.2) is 45.4 Å². The van der Waals surface area contributed by atoms with E-state index in [2.05, 4.69) is 5.16 Å². The Morgan fingerprint density at radius 3 is 2.77 bits per heavy atom. The predicted octanol–water partition coefficient (Wildman–Crippen LogP) is 2.95. The van der Waals surface area contributed by atoms with Crippen molar-refractivity contribution < 1.29 is 29.7 Å². The van der Waals surface area contributed by atoms with E-state index in [1.54, 1.807) is 19.1 Å². The maximum Gasteiger partial charge on any atom is 0.342 e. The van der Waals surface area contributed by atoms with Crippen LogP contribution in [0.1, 0.15) is 29.3 Å². The first kappa shape index (κ1) is 18.3. The first-order chi connectivity index (χ1) is 12.4. The lowest BCUT2D eigenvalue weighted by Gasteiger charge is -2.17. The van der Waals surface area contributed by atoms with Crippen molar-refractivity contribution in [3.05, 3.63) is 46.5 Å². The van der Waals surface area contributed by atoms with Crippen molar-refractivity contribution in [3.8, 4) is 11.5 Å². The Morgan fingerprint density at radius 2 is 2.04 bits per heavy atom. The molecular weight excluding hydrogens is 362 g/mol. The number of phenols is 2. The van der Waals surface area contributed by atoms with Gasteiger partial charge < -0.3 is 24.9 Å². The predicted molar refractivity (Wildman–Crippen MR) is 94.1 cm³/mol.